The molecule has 0 saturated heterocycles. The third-order valence-electron chi connectivity index (χ3n) is 2.45. The summed E-state index contributed by atoms with van der Waals surface area (Å²) in [4.78, 5) is 23.2. The number of amides is 1. The third kappa shape index (κ3) is 2.96. The monoisotopic (exact) mass is 303 g/mol. The number of benzene rings is 1. The maximum atomic E-state index is 12.6. The van der Waals surface area contributed by atoms with E-state index < -0.39 is 23.6 Å². The van der Waals surface area contributed by atoms with Crippen molar-refractivity contribution in [2.45, 2.75) is 11.1 Å². The first-order valence-corrected chi connectivity index (χ1v) is 6.13. The largest absolute Gasteiger partial charge is 0.466 e. The number of anilines is 1. The lowest BCUT2D eigenvalue weighted by atomic mass is 10.2. The van der Waals surface area contributed by atoms with E-state index in [0.717, 1.165) is 37.1 Å². The lowest BCUT2D eigenvalue weighted by Gasteiger charge is -2.19. The van der Waals surface area contributed by atoms with Crippen LogP contribution in [0.4, 0.5) is 18.9 Å². The van der Waals surface area contributed by atoms with Crippen molar-refractivity contribution in [3.63, 3.8) is 0 Å². The molecule has 20 heavy (non-hydrogen) atoms. The molecule has 0 aromatic heterocycles. The number of alkyl halides is 3. The highest BCUT2D eigenvalue weighted by Crippen LogP contribution is 2.41. The van der Waals surface area contributed by atoms with Gasteiger partial charge in [0, 0.05) is 11.0 Å². The van der Waals surface area contributed by atoms with Crippen molar-refractivity contribution in [1.82, 2.24) is 0 Å². The molecule has 1 aliphatic rings. The van der Waals surface area contributed by atoms with Crippen LogP contribution in [0, 0.1) is 0 Å². The van der Waals surface area contributed by atoms with Crippen molar-refractivity contribution in [2.24, 2.45) is 0 Å². The normalized spacial score (nSPS) is 16.6. The topological polar surface area (TPSA) is 55.4 Å². The lowest BCUT2D eigenvalue weighted by Crippen LogP contribution is -2.19. The van der Waals surface area contributed by atoms with Gasteiger partial charge in [0.25, 0.3) is 5.91 Å². The zero-order valence-corrected chi connectivity index (χ0v) is 10.9. The molecule has 1 aromatic carbocycles. The second-order valence-electron chi connectivity index (χ2n) is 3.80. The van der Waals surface area contributed by atoms with Crippen molar-refractivity contribution in [3.05, 3.63) is 34.7 Å². The van der Waals surface area contributed by atoms with Crippen LogP contribution < -0.4 is 5.32 Å². The SMILES string of the molecule is COC(=O)/C=C1\Sc2ccc(C(F)(F)F)cc2NC1=O. The Labute approximate surface area is 116 Å². The number of thioether (sulfide) groups is 1. The Hall–Kier alpha value is -1.96. The lowest BCUT2D eigenvalue weighted by molar-refractivity contribution is -0.137. The molecule has 0 aliphatic carbocycles. The number of carbonyl (C=O) groups excluding carboxylic acids is 2. The van der Waals surface area contributed by atoms with Gasteiger partial charge in [0.2, 0.25) is 0 Å². The highest BCUT2D eigenvalue weighted by Gasteiger charge is 2.32. The van der Waals surface area contributed by atoms with Gasteiger partial charge in [-0.2, -0.15) is 13.2 Å². The number of methoxy groups -OCH3 is 1. The number of hydrogen-bond donors (Lipinski definition) is 1. The predicted molar refractivity (Wildman–Crippen MR) is 66.0 cm³/mol. The Balaban J connectivity index is 2.35. The molecule has 4 nitrogen and oxygen atoms in total. The highest BCUT2D eigenvalue weighted by atomic mass is 32.2. The Bertz CT molecular complexity index is 610. The average molecular weight is 303 g/mol. The second-order valence-corrected chi connectivity index (χ2v) is 4.88. The number of carbonyl (C=O) groups is 2. The minimum absolute atomic E-state index is 0.0594. The van der Waals surface area contributed by atoms with Gasteiger partial charge in [0.1, 0.15) is 0 Å². The van der Waals surface area contributed by atoms with Crippen molar-refractivity contribution in [3.8, 4) is 0 Å². The summed E-state index contributed by atoms with van der Waals surface area (Å²) in [6.07, 6.45) is -3.49. The summed E-state index contributed by atoms with van der Waals surface area (Å²) in [6.45, 7) is 0. The number of halogens is 3. The molecular formula is C12H8F3NO3S. The molecule has 106 valence electrons. The van der Waals surface area contributed by atoms with Gasteiger partial charge < -0.3 is 10.1 Å². The summed E-state index contributed by atoms with van der Waals surface area (Å²) in [5, 5.41) is 2.32. The average Bonchev–Trinajstić information content (AvgIpc) is 2.37. The molecule has 2 rings (SSSR count). The molecule has 1 aliphatic heterocycles. The summed E-state index contributed by atoms with van der Waals surface area (Å²) < 4.78 is 42.1. The number of hydrogen-bond acceptors (Lipinski definition) is 4. The summed E-state index contributed by atoms with van der Waals surface area (Å²) in [6, 6.07) is 3.02. The van der Waals surface area contributed by atoms with Gasteiger partial charge in [0.05, 0.1) is 23.3 Å². The van der Waals surface area contributed by atoms with E-state index in [2.05, 4.69) is 10.1 Å². The second kappa shape index (κ2) is 5.20. The van der Waals surface area contributed by atoms with Crippen LogP contribution in [0.2, 0.25) is 0 Å². The van der Waals surface area contributed by atoms with Gasteiger partial charge >= 0.3 is 12.1 Å². The fraction of sp³-hybridized carbons (Fsp3) is 0.167. The molecule has 0 atom stereocenters. The minimum Gasteiger partial charge on any atom is -0.466 e. The van der Waals surface area contributed by atoms with E-state index in [-0.39, 0.29) is 10.6 Å². The van der Waals surface area contributed by atoms with Crippen molar-refractivity contribution >= 4 is 29.3 Å². The smallest absolute Gasteiger partial charge is 0.416 e. The molecule has 0 spiro atoms. The number of fused-ring (bicyclic) bond motifs is 1. The third-order valence-corrected chi connectivity index (χ3v) is 3.55. The van der Waals surface area contributed by atoms with E-state index in [1.807, 2.05) is 0 Å². The van der Waals surface area contributed by atoms with E-state index in [0.29, 0.717) is 4.90 Å². The first kappa shape index (κ1) is 14.4. The van der Waals surface area contributed by atoms with E-state index in [4.69, 9.17) is 0 Å². The van der Waals surface area contributed by atoms with Gasteiger partial charge in [0.15, 0.2) is 0 Å². The van der Waals surface area contributed by atoms with E-state index in [9.17, 15) is 22.8 Å². The van der Waals surface area contributed by atoms with Crippen LogP contribution in [-0.4, -0.2) is 19.0 Å². The fourth-order valence-corrected chi connectivity index (χ4v) is 2.39. The molecule has 1 amide bonds. The Morgan fingerprint density at radius 1 is 1.40 bits per heavy atom. The molecule has 0 bridgehead atoms. The van der Waals surface area contributed by atoms with Crippen molar-refractivity contribution in [2.75, 3.05) is 12.4 Å². The molecule has 1 N–H and O–H groups in total. The number of rotatable bonds is 1. The quantitative estimate of drug-likeness (QED) is 0.640. The molecule has 0 fully saturated rings. The molecule has 0 saturated carbocycles. The number of esters is 1. The zero-order chi connectivity index (χ0) is 14.9. The van der Waals surface area contributed by atoms with Crippen LogP contribution in [0.1, 0.15) is 5.56 Å². The van der Waals surface area contributed by atoms with E-state index >= 15 is 0 Å². The van der Waals surface area contributed by atoms with Crippen LogP contribution in [0.5, 0.6) is 0 Å². The van der Waals surface area contributed by atoms with Crippen molar-refractivity contribution < 1.29 is 27.5 Å². The maximum absolute atomic E-state index is 12.6. The summed E-state index contributed by atoms with van der Waals surface area (Å²) in [7, 11) is 1.16. The minimum atomic E-state index is -4.48. The molecule has 1 heterocycles. The Morgan fingerprint density at radius 2 is 2.10 bits per heavy atom. The van der Waals surface area contributed by atoms with Crippen LogP contribution in [0.3, 0.4) is 0 Å². The number of ether oxygens (including phenoxy) is 1. The van der Waals surface area contributed by atoms with Gasteiger partial charge in [-0.05, 0) is 18.2 Å². The van der Waals surface area contributed by atoms with Gasteiger partial charge in [-0.25, -0.2) is 4.79 Å². The highest BCUT2D eigenvalue weighted by molar-refractivity contribution is 8.04. The summed E-state index contributed by atoms with van der Waals surface area (Å²) >= 11 is 0.909. The van der Waals surface area contributed by atoms with Crippen molar-refractivity contribution in [1.29, 1.82) is 0 Å². The van der Waals surface area contributed by atoms with E-state index in [1.54, 1.807) is 0 Å². The van der Waals surface area contributed by atoms with Crippen LogP contribution >= 0.6 is 11.8 Å². The maximum Gasteiger partial charge on any atom is 0.416 e. The molecule has 0 radical (unpaired) electrons. The van der Waals surface area contributed by atoms with Crippen LogP contribution in [-0.2, 0) is 20.5 Å². The standard InChI is InChI=1S/C12H8F3NO3S/c1-19-10(17)5-9-11(18)16-7-4-6(12(13,14)15)2-3-8(7)20-9/h2-5H,1H3,(H,16,18)/b9-5-. The van der Waals surface area contributed by atoms with Gasteiger partial charge in [-0.3, -0.25) is 4.79 Å². The van der Waals surface area contributed by atoms with Gasteiger partial charge in [-0.1, -0.05) is 11.8 Å². The number of nitrogens with one attached hydrogen (secondary N) is 1. The first-order valence-electron chi connectivity index (χ1n) is 5.31. The zero-order valence-electron chi connectivity index (χ0n) is 10.1. The molecular weight excluding hydrogens is 295 g/mol. The first-order chi connectivity index (χ1) is 9.31. The summed E-state index contributed by atoms with van der Waals surface area (Å²) in [5.74, 6) is -1.36. The van der Waals surface area contributed by atoms with E-state index in [1.165, 1.54) is 6.07 Å². The van der Waals surface area contributed by atoms with Crippen LogP contribution in [0.25, 0.3) is 0 Å². The molecule has 0 unspecified atom stereocenters. The fourth-order valence-electron chi connectivity index (χ4n) is 1.50. The van der Waals surface area contributed by atoms with Gasteiger partial charge in [-0.15, -0.1) is 0 Å². The Kier molecular flexibility index (Phi) is 3.76. The molecule has 8 heteroatoms. The molecule has 1 aromatic rings. The Morgan fingerprint density at radius 3 is 2.70 bits per heavy atom. The summed E-state index contributed by atoms with van der Waals surface area (Å²) in [5.41, 5.74) is -0.783. The predicted octanol–water partition coefficient (Wildman–Crippen LogP) is 2.81. The van der Waals surface area contributed by atoms with Crippen LogP contribution in [0.15, 0.2) is 34.1 Å².